The van der Waals surface area contributed by atoms with E-state index in [1.807, 2.05) is 67.5 Å². The minimum atomic E-state index is 0.135. The summed E-state index contributed by atoms with van der Waals surface area (Å²) in [5, 5.41) is 0. The topological polar surface area (TPSA) is 44.6 Å². The van der Waals surface area contributed by atoms with Crippen LogP contribution in [0, 0.1) is 6.92 Å². The molecule has 0 N–H and O–H groups in total. The van der Waals surface area contributed by atoms with Crippen LogP contribution in [0.2, 0.25) is 0 Å². The molecular formula is C19H27N5O. The van der Waals surface area contributed by atoms with Crippen molar-refractivity contribution in [1.29, 1.82) is 0 Å². The average molecular weight is 341 g/mol. The molecule has 0 spiro atoms. The van der Waals surface area contributed by atoms with Crippen LogP contribution >= 0.6 is 0 Å². The Morgan fingerprint density at radius 3 is 2.32 bits per heavy atom. The number of amides is 1. The molecule has 1 aromatic heterocycles. The summed E-state index contributed by atoms with van der Waals surface area (Å²) in [5.41, 5.74) is 1.88. The molecule has 6 nitrogen and oxygen atoms in total. The third-order valence-corrected chi connectivity index (χ3v) is 4.87. The van der Waals surface area contributed by atoms with Gasteiger partial charge in [-0.25, -0.2) is 4.98 Å². The molecule has 0 atom stereocenters. The van der Waals surface area contributed by atoms with E-state index in [0.29, 0.717) is 0 Å². The predicted octanol–water partition coefficient (Wildman–Crippen LogP) is 1.72. The Hall–Kier alpha value is -2.34. The fourth-order valence-corrected chi connectivity index (χ4v) is 3.15. The van der Waals surface area contributed by atoms with E-state index >= 15 is 0 Å². The molecule has 0 saturated carbocycles. The number of aromatic nitrogens is 2. The van der Waals surface area contributed by atoms with Crippen molar-refractivity contribution >= 4 is 11.6 Å². The van der Waals surface area contributed by atoms with Gasteiger partial charge in [0.05, 0.1) is 0 Å². The predicted molar refractivity (Wildman–Crippen MR) is 100 cm³/mol. The summed E-state index contributed by atoms with van der Waals surface area (Å²) in [6.07, 6.45) is 3.86. The lowest BCUT2D eigenvalue weighted by molar-refractivity contribution is 0.0633. The average Bonchev–Trinajstić information content (AvgIpc) is 3.05. The van der Waals surface area contributed by atoms with Gasteiger partial charge in [0, 0.05) is 77.0 Å². The van der Waals surface area contributed by atoms with E-state index in [9.17, 15) is 4.79 Å². The highest BCUT2D eigenvalue weighted by atomic mass is 16.2. The van der Waals surface area contributed by atoms with Crippen molar-refractivity contribution in [2.75, 3.05) is 51.7 Å². The highest BCUT2D eigenvalue weighted by molar-refractivity contribution is 5.94. The quantitative estimate of drug-likeness (QED) is 0.831. The van der Waals surface area contributed by atoms with Crippen LogP contribution in [-0.4, -0.2) is 72.1 Å². The van der Waals surface area contributed by atoms with Gasteiger partial charge in [0.1, 0.15) is 5.82 Å². The molecule has 1 fully saturated rings. The van der Waals surface area contributed by atoms with Crippen molar-refractivity contribution in [3.8, 4) is 0 Å². The molecule has 0 aliphatic carbocycles. The lowest BCUT2D eigenvalue weighted by atomic mass is 10.1. The molecule has 134 valence electrons. The maximum absolute atomic E-state index is 12.7. The summed E-state index contributed by atoms with van der Waals surface area (Å²) in [6, 6.07) is 7.84. The van der Waals surface area contributed by atoms with E-state index < -0.39 is 0 Å². The van der Waals surface area contributed by atoms with Gasteiger partial charge in [-0.1, -0.05) is 0 Å². The third kappa shape index (κ3) is 4.20. The Kier molecular flexibility index (Phi) is 5.38. The Morgan fingerprint density at radius 2 is 1.76 bits per heavy atom. The van der Waals surface area contributed by atoms with Crippen LogP contribution in [0.3, 0.4) is 0 Å². The summed E-state index contributed by atoms with van der Waals surface area (Å²) in [6.45, 7) is 7.40. The number of imidazole rings is 1. The monoisotopic (exact) mass is 341 g/mol. The molecule has 0 radical (unpaired) electrons. The second-order valence-electron chi connectivity index (χ2n) is 6.74. The zero-order chi connectivity index (χ0) is 17.8. The highest BCUT2D eigenvalue weighted by Gasteiger charge is 2.22. The number of carbonyl (C=O) groups is 1. The molecule has 1 aromatic carbocycles. The van der Waals surface area contributed by atoms with Crippen molar-refractivity contribution in [1.82, 2.24) is 19.4 Å². The third-order valence-electron chi connectivity index (χ3n) is 4.87. The fourth-order valence-electron chi connectivity index (χ4n) is 3.15. The Morgan fingerprint density at radius 1 is 1.08 bits per heavy atom. The van der Waals surface area contributed by atoms with Crippen LogP contribution in [0.1, 0.15) is 16.2 Å². The van der Waals surface area contributed by atoms with Gasteiger partial charge in [-0.2, -0.15) is 0 Å². The maximum atomic E-state index is 12.7. The van der Waals surface area contributed by atoms with Gasteiger partial charge in [0.25, 0.3) is 5.91 Å². The van der Waals surface area contributed by atoms with E-state index in [1.165, 1.54) is 0 Å². The molecule has 2 heterocycles. The molecule has 6 heteroatoms. The van der Waals surface area contributed by atoms with Gasteiger partial charge in [0.2, 0.25) is 0 Å². The number of anilines is 1. The van der Waals surface area contributed by atoms with E-state index in [-0.39, 0.29) is 5.91 Å². The number of aryl methyl sites for hydroxylation is 1. The van der Waals surface area contributed by atoms with Gasteiger partial charge >= 0.3 is 0 Å². The van der Waals surface area contributed by atoms with Crippen molar-refractivity contribution in [2.45, 2.75) is 13.5 Å². The van der Waals surface area contributed by atoms with Crippen molar-refractivity contribution in [3.63, 3.8) is 0 Å². The molecule has 1 aliphatic heterocycles. The Labute approximate surface area is 149 Å². The van der Waals surface area contributed by atoms with Crippen molar-refractivity contribution < 1.29 is 4.79 Å². The van der Waals surface area contributed by atoms with Crippen LogP contribution in [-0.2, 0) is 6.54 Å². The lowest BCUT2D eigenvalue weighted by Gasteiger charge is -2.35. The second-order valence-corrected chi connectivity index (χ2v) is 6.74. The maximum Gasteiger partial charge on any atom is 0.253 e. The van der Waals surface area contributed by atoms with Gasteiger partial charge in [-0.15, -0.1) is 0 Å². The number of hydrogen-bond donors (Lipinski definition) is 0. The van der Waals surface area contributed by atoms with Crippen molar-refractivity contribution in [3.05, 3.63) is 48.0 Å². The molecule has 1 aliphatic rings. The molecule has 3 rings (SSSR count). The number of hydrogen-bond acceptors (Lipinski definition) is 4. The van der Waals surface area contributed by atoms with E-state index in [1.54, 1.807) is 0 Å². The van der Waals surface area contributed by atoms with Crippen LogP contribution in [0.4, 0.5) is 5.69 Å². The molecule has 0 unspecified atom stereocenters. The first-order valence-electron chi connectivity index (χ1n) is 8.81. The van der Waals surface area contributed by atoms with Crippen LogP contribution < -0.4 is 4.90 Å². The number of carbonyl (C=O) groups excluding carboxylic acids is 1. The number of benzene rings is 1. The van der Waals surface area contributed by atoms with E-state index in [0.717, 1.165) is 56.3 Å². The zero-order valence-electron chi connectivity index (χ0n) is 15.4. The normalized spacial score (nSPS) is 15.4. The first-order valence-corrected chi connectivity index (χ1v) is 8.81. The van der Waals surface area contributed by atoms with E-state index in [4.69, 9.17) is 0 Å². The Bertz CT molecular complexity index is 699. The summed E-state index contributed by atoms with van der Waals surface area (Å²) in [4.78, 5) is 23.3. The van der Waals surface area contributed by atoms with Crippen LogP contribution in [0.5, 0.6) is 0 Å². The molecule has 2 aromatic rings. The van der Waals surface area contributed by atoms with Gasteiger partial charge < -0.3 is 14.4 Å². The highest BCUT2D eigenvalue weighted by Crippen LogP contribution is 2.15. The lowest BCUT2D eigenvalue weighted by Crippen LogP contribution is -2.49. The molecule has 0 bridgehead atoms. The smallest absolute Gasteiger partial charge is 0.253 e. The molecule has 1 saturated heterocycles. The minimum Gasteiger partial charge on any atom is -0.378 e. The first kappa shape index (κ1) is 17.5. The fraction of sp³-hybridized carbons (Fsp3) is 0.474. The number of rotatable bonds is 5. The summed E-state index contributed by atoms with van der Waals surface area (Å²) < 4.78 is 2.17. The second kappa shape index (κ2) is 7.70. The van der Waals surface area contributed by atoms with Crippen LogP contribution in [0.25, 0.3) is 0 Å². The Balaban J connectivity index is 1.49. The summed E-state index contributed by atoms with van der Waals surface area (Å²) in [5.74, 6) is 1.19. The van der Waals surface area contributed by atoms with Gasteiger partial charge in [0.15, 0.2) is 0 Å². The van der Waals surface area contributed by atoms with Crippen LogP contribution in [0.15, 0.2) is 36.7 Å². The molecule has 1 amide bonds. The first-order chi connectivity index (χ1) is 12.0. The zero-order valence-corrected chi connectivity index (χ0v) is 15.4. The minimum absolute atomic E-state index is 0.135. The number of nitrogens with zero attached hydrogens (tertiary/aromatic N) is 5. The number of piperazine rings is 1. The van der Waals surface area contributed by atoms with Gasteiger partial charge in [-0.05, 0) is 31.2 Å². The standard InChI is InChI=1S/C19H27N5O/c1-16-20-8-9-23(16)13-10-22-11-14-24(15-12-22)19(25)17-4-6-18(7-5-17)21(2)3/h4-9H,10-15H2,1-3H3. The molecular weight excluding hydrogens is 314 g/mol. The summed E-state index contributed by atoms with van der Waals surface area (Å²) in [7, 11) is 4.00. The summed E-state index contributed by atoms with van der Waals surface area (Å²) >= 11 is 0. The SMILES string of the molecule is Cc1nccn1CCN1CCN(C(=O)c2ccc(N(C)C)cc2)CC1. The van der Waals surface area contributed by atoms with Crippen molar-refractivity contribution in [2.24, 2.45) is 0 Å². The largest absolute Gasteiger partial charge is 0.378 e. The molecule has 25 heavy (non-hydrogen) atoms. The van der Waals surface area contributed by atoms with E-state index in [2.05, 4.69) is 14.5 Å². The van der Waals surface area contributed by atoms with Gasteiger partial charge in [-0.3, -0.25) is 9.69 Å².